The number of anilines is 2. The maximum atomic E-state index is 12.3. The van der Waals surface area contributed by atoms with Gasteiger partial charge in [0.1, 0.15) is 0 Å². The highest BCUT2D eigenvalue weighted by molar-refractivity contribution is 7.14. The van der Waals surface area contributed by atoms with E-state index in [4.69, 9.17) is 9.47 Å². The van der Waals surface area contributed by atoms with Crippen molar-refractivity contribution >= 4 is 34.1 Å². The molecule has 1 fully saturated rings. The molecule has 0 spiro atoms. The third-order valence-electron chi connectivity index (χ3n) is 3.91. The first kappa shape index (κ1) is 16.6. The minimum absolute atomic E-state index is 0.131. The van der Waals surface area contributed by atoms with Crippen LogP contribution in [0.3, 0.4) is 0 Å². The van der Waals surface area contributed by atoms with Crippen LogP contribution in [0.5, 0.6) is 11.5 Å². The number of hydrogen-bond donors (Lipinski definition) is 2. The van der Waals surface area contributed by atoms with Crippen molar-refractivity contribution in [1.82, 2.24) is 10.3 Å². The molecule has 0 atom stereocenters. The highest BCUT2D eigenvalue weighted by Crippen LogP contribution is 2.40. The molecule has 26 heavy (non-hydrogen) atoms. The average Bonchev–Trinajstić information content (AvgIpc) is 3.24. The van der Waals surface area contributed by atoms with Crippen LogP contribution in [-0.4, -0.2) is 35.8 Å². The average molecular weight is 374 g/mol. The van der Waals surface area contributed by atoms with E-state index in [1.165, 1.54) is 11.3 Å². The topological polar surface area (TPSA) is 92.8 Å². The second-order valence-electron chi connectivity index (χ2n) is 6.50. The largest absolute Gasteiger partial charge is 0.449 e. The summed E-state index contributed by atoms with van der Waals surface area (Å²) >= 11 is 1.35. The first-order chi connectivity index (χ1) is 12.4. The molecule has 1 saturated heterocycles. The molecule has 2 aliphatic heterocycles. The van der Waals surface area contributed by atoms with Gasteiger partial charge in [-0.15, -0.1) is 11.3 Å². The van der Waals surface area contributed by atoms with E-state index in [9.17, 15) is 9.59 Å². The van der Waals surface area contributed by atoms with Crippen LogP contribution in [0.25, 0.3) is 0 Å². The van der Waals surface area contributed by atoms with E-state index in [0.717, 1.165) is 0 Å². The van der Waals surface area contributed by atoms with Gasteiger partial charge in [-0.05, 0) is 12.1 Å². The Morgan fingerprint density at radius 1 is 1.38 bits per heavy atom. The summed E-state index contributed by atoms with van der Waals surface area (Å²) < 4.78 is 11.3. The minimum Gasteiger partial charge on any atom is -0.449 e. The van der Waals surface area contributed by atoms with E-state index in [1.807, 2.05) is 13.8 Å². The summed E-state index contributed by atoms with van der Waals surface area (Å²) in [7, 11) is 0. The number of rotatable bonds is 4. The maximum Gasteiger partial charge on any atom is 0.323 e. The molecule has 0 unspecified atom stereocenters. The standard InChI is InChI=1S/C17H18N4O4S/c1-17(2)24-12-4-3-10(7-13(12)25-17)19-14(22)8-11-9-26-16(20-11)21-6-5-18-15(21)23/h3-4,7,9H,5-6,8H2,1-2H3,(H,18,23)(H,19,22). The molecule has 136 valence electrons. The summed E-state index contributed by atoms with van der Waals surface area (Å²) in [5, 5.41) is 7.96. The lowest BCUT2D eigenvalue weighted by atomic mass is 10.2. The quantitative estimate of drug-likeness (QED) is 0.857. The predicted molar refractivity (Wildman–Crippen MR) is 97.0 cm³/mol. The lowest BCUT2D eigenvalue weighted by molar-refractivity contribution is -0.115. The fourth-order valence-electron chi connectivity index (χ4n) is 2.83. The lowest BCUT2D eigenvalue weighted by Crippen LogP contribution is -2.29. The van der Waals surface area contributed by atoms with Crippen molar-refractivity contribution in [2.45, 2.75) is 26.1 Å². The molecule has 2 aromatic rings. The zero-order chi connectivity index (χ0) is 18.3. The number of ether oxygens (including phenoxy) is 2. The number of hydrogen-bond acceptors (Lipinski definition) is 6. The molecule has 0 bridgehead atoms. The van der Waals surface area contributed by atoms with Gasteiger partial charge in [0.15, 0.2) is 16.6 Å². The number of amides is 3. The van der Waals surface area contributed by atoms with Crippen molar-refractivity contribution in [2.75, 3.05) is 23.3 Å². The molecule has 3 heterocycles. The Kier molecular flexibility index (Phi) is 3.95. The van der Waals surface area contributed by atoms with E-state index in [2.05, 4.69) is 15.6 Å². The molecular weight excluding hydrogens is 356 g/mol. The molecule has 0 radical (unpaired) electrons. The Balaban J connectivity index is 1.39. The third-order valence-corrected chi connectivity index (χ3v) is 4.82. The highest BCUT2D eigenvalue weighted by Gasteiger charge is 2.31. The SMILES string of the molecule is CC1(C)Oc2ccc(NC(=O)Cc3csc(N4CCNC4=O)n3)cc2O1. The zero-order valence-corrected chi connectivity index (χ0v) is 15.2. The molecule has 1 aromatic carbocycles. The molecule has 0 aliphatic carbocycles. The van der Waals surface area contributed by atoms with Crippen LogP contribution in [0.4, 0.5) is 15.6 Å². The minimum atomic E-state index is -0.705. The summed E-state index contributed by atoms with van der Waals surface area (Å²) in [4.78, 5) is 29.9. The van der Waals surface area contributed by atoms with Gasteiger partial charge in [0.05, 0.1) is 12.1 Å². The van der Waals surface area contributed by atoms with Crippen molar-refractivity contribution in [3.05, 3.63) is 29.3 Å². The molecule has 8 nitrogen and oxygen atoms in total. The summed E-state index contributed by atoms with van der Waals surface area (Å²) in [5.74, 6) is 0.361. The van der Waals surface area contributed by atoms with E-state index in [-0.39, 0.29) is 18.4 Å². The number of nitrogens with one attached hydrogen (secondary N) is 2. The summed E-state index contributed by atoms with van der Waals surface area (Å²) in [6.45, 7) is 4.85. The number of thiazole rings is 1. The van der Waals surface area contributed by atoms with Crippen LogP contribution >= 0.6 is 11.3 Å². The number of fused-ring (bicyclic) bond motifs is 1. The lowest BCUT2D eigenvalue weighted by Gasteiger charge is -2.16. The second-order valence-corrected chi connectivity index (χ2v) is 7.33. The van der Waals surface area contributed by atoms with Crippen LogP contribution in [-0.2, 0) is 11.2 Å². The second kappa shape index (κ2) is 6.17. The van der Waals surface area contributed by atoms with Crippen LogP contribution in [0, 0.1) is 0 Å². The van der Waals surface area contributed by atoms with Gasteiger partial charge in [0.25, 0.3) is 0 Å². The van der Waals surface area contributed by atoms with Gasteiger partial charge >= 0.3 is 6.03 Å². The molecule has 9 heteroatoms. The van der Waals surface area contributed by atoms with E-state index in [0.29, 0.717) is 41.1 Å². The van der Waals surface area contributed by atoms with Crippen LogP contribution in [0.1, 0.15) is 19.5 Å². The Hall–Kier alpha value is -2.81. The van der Waals surface area contributed by atoms with Gasteiger partial charge in [-0.1, -0.05) is 0 Å². The van der Waals surface area contributed by atoms with Gasteiger partial charge in [0.2, 0.25) is 11.7 Å². The predicted octanol–water partition coefficient (Wildman–Crippen LogP) is 2.36. The van der Waals surface area contributed by atoms with E-state index < -0.39 is 5.79 Å². The van der Waals surface area contributed by atoms with E-state index >= 15 is 0 Å². The number of carbonyl (C=O) groups excluding carboxylic acids is 2. The highest BCUT2D eigenvalue weighted by atomic mass is 32.1. The smallest absolute Gasteiger partial charge is 0.323 e. The van der Waals surface area contributed by atoms with Crippen molar-refractivity contribution in [1.29, 1.82) is 0 Å². The number of nitrogens with zero attached hydrogens (tertiary/aromatic N) is 2. The van der Waals surface area contributed by atoms with Gasteiger partial charge in [-0.2, -0.15) is 0 Å². The first-order valence-corrected chi connectivity index (χ1v) is 9.09. The van der Waals surface area contributed by atoms with Gasteiger partial charge in [-0.25, -0.2) is 9.78 Å². The number of benzene rings is 1. The normalized spacial score (nSPS) is 17.3. The van der Waals surface area contributed by atoms with Crippen molar-refractivity contribution < 1.29 is 19.1 Å². The van der Waals surface area contributed by atoms with Crippen LogP contribution in [0.2, 0.25) is 0 Å². The Labute approximate surface area is 154 Å². The van der Waals surface area contributed by atoms with Crippen molar-refractivity contribution in [3.63, 3.8) is 0 Å². The Bertz CT molecular complexity index is 879. The Morgan fingerprint density at radius 2 is 2.19 bits per heavy atom. The summed E-state index contributed by atoms with van der Waals surface area (Å²) in [6.07, 6.45) is 0.131. The third kappa shape index (κ3) is 3.30. The zero-order valence-electron chi connectivity index (χ0n) is 14.4. The summed E-state index contributed by atoms with van der Waals surface area (Å²) in [6, 6.07) is 5.12. The molecule has 2 aliphatic rings. The van der Waals surface area contributed by atoms with E-state index in [1.54, 1.807) is 28.5 Å². The Morgan fingerprint density at radius 3 is 2.96 bits per heavy atom. The van der Waals surface area contributed by atoms with Gasteiger partial charge in [0, 0.05) is 44.1 Å². The number of carbonyl (C=O) groups is 2. The van der Waals surface area contributed by atoms with Gasteiger partial charge in [-0.3, -0.25) is 9.69 Å². The number of urea groups is 1. The summed E-state index contributed by atoms with van der Waals surface area (Å²) in [5.41, 5.74) is 1.26. The first-order valence-electron chi connectivity index (χ1n) is 8.21. The molecular formula is C17H18N4O4S. The maximum absolute atomic E-state index is 12.3. The molecule has 2 N–H and O–H groups in total. The fourth-order valence-corrected chi connectivity index (χ4v) is 3.67. The molecule has 0 saturated carbocycles. The molecule has 4 rings (SSSR count). The van der Waals surface area contributed by atoms with Crippen molar-refractivity contribution in [3.8, 4) is 11.5 Å². The van der Waals surface area contributed by atoms with Crippen LogP contribution < -0.4 is 25.0 Å². The molecule has 1 aromatic heterocycles. The van der Waals surface area contributed by atoms with Crippen LogP contribution in [0.15, 0.2) is 23.6 Å². The monoisotopic (exact) mass is 374 g/mol. The molecule has 3 amide bonds. The van der Waals surface area contributed by atoms with Gasteiger partial charge < -0.3 is 20.1 Å². The fraction of sp³-hybridized carbons (Fsp3) is 0.353. The van der Waals surface area contributed by atoms with Crippen molar-refractivity contribution in [2.24, 2.45) is 0 Å². The number of aromatic nitrogens is 1.